The lowest BCUT2D eigenvalue weighted by Gasteiger charge is -2.30. The molecular formula is C18H22N2O3. The molecule has 0 bridgehead atoms. The lowest BCUT2D eigenvalue weighted by molar-refractivity contribution is 0.157. The Bertz CT molecular complexity index is 656. The maximum Gasteiger partial charge on any atom is 0.346 e. The fraction of sp³-hybridized carbons (Fsp3) is 0.278. The highest BCUT2D eigenvalue weighted by Gasteiger charge is 2.27. The summed E-state index contributed by atoms with van der Waals surface area (Å²) >= 11 is 0. The van der Waals surface area contributed by atoms with Gasteiger partial charge in [-0.15, -0.1) is 0 Å². The molecular weight excluding hydrogens is 292 g/mol. The molecule has 2 aromatic carbocycles. The predicted octanol–water partition coefficient (Wildman–Crippen LogP) is 3.71. The van der Waals surface area contributed by atoms with Crippen molar-refractivity contribution >= 4 is 11.7 Å². The molecule has 0 fully saturated rings. The van der Waals surface area contributed by atoms with Crippen LogP contribution in [-0.2, 0) is 10.4 Å². The van der Waals surface area contributed by atoms with E-state index in [9.17, 15) is 4.79 Å². The Labute approximate surface area is 136 Å². The van der Waals surface area contributed by atoms with Gasteiger partial charge in [0.15, 0.2) is 0 Å². The van der Waals surface area contributed by atoms with Crippen molar-refractivity contribution in [2.75, 3.05) is 19.3 Å². The van der Waals surface area contributed by atoms with E-state index < -0.39 is 5.54 Å². The molecule has 0 radical (unpaired) electrons. The van der Waals surface area contributed by atoms with Gasteiger partial charge in [-0.3, -0.25) is 4.84 Å². The van der Waals surface area contributed by atoms with Crippen LogP contribution in [0, 0.1) is 0 Å². The van der Waals surface area contributed by atoms with Gasteiger partial charge in [0.05, 0.1) is 25.4 Å². The van der Waals surface area contributed by atoms with Crippen molar-refractivity contribution in [1.82, 2.24) is 5.32 Å². The summed E-state index contributed by atoms with van der Waals surface area (Å²) in [7, 11) is 3.08. The summed E-state index contributed by atoms with van der Waals surface area (Å²) in [5.41, 5.74) is 1.01. The molecule has 122 valence electrons. The van der Waals surface area contributed by atoms with E-state index in [0.717, 1.165) is 11.3 Å². The van der Waals surface area contributed by atoms with E-state index in [4.69, 9.17) is 9.57 Å². The van der Waals surface area contributed by atoms with Crippen molar-refractivity contribution in [3.8, 4) is 5.75 Å². The molecule has 0 aliphatic rings. The van der Waals surface area contributed by atoms with Gasteiger partial charge in [0, 0.05) is 0 Å². The van der Waals surface area contributed by atoms with Crippen molar-refractivity contribution in [3.63, 3.8) is 0 Å². The molecule has 0 saturated heterocycles. The Morgan fingerprint density at radius 1 is 1.04 bits per heavy atom. The number of carbonyl (C=O) groups excluding carboxylic acids is 1. The number of amides is 2. The third-order valence-corrected chi connectivity index (χ3v) is 3.57. The molecule has 0 aliphatic carbocycles. The fourth-order valence-corrected chi connectivity index (χ4v) is 2.27. The summed E-state index contributed by atoms with van der Waals surface area (Å²) < 4.78 is 5.25. The van der Waals surface area contributed by atoms with Gasteiger partial charge in [-0.25, -0.2) is 4.79 Å². The number of hydrogen-bond acceptors (Lipinski definition) is 3. The molecule has 0 spiro atoms. The number of carbonyl (C=O) groups is 1. The van der Waals surface area contributed by atoms with Crippen LogP contribution in [0.1, 0.15) is 19.4 Å². The number of nitrogens with zero attached hydrogens (tertiary/aromatic N) is 1. The van der Waals surface area contributed by atoms with Gasteiger partial charge in [0.1, 0.15) is 5.75 Å². The Morgan fingerprint density at radius 2 is 1.74 bits per heavy atom. The van der Waals surface area contributed by atoms with Crippen molar-refractivity contribution in [3.05, 3.63) is 60.2 Å². The standard InChI is InChI=1S/C18H22N2O3/c1-18(2,14-9-8-12-16(13-14)22-3)19-17(21)20(23-4)15-10-6-5-7-11-15/h5-13H,1-4H3,(H,19,21). The number of benzene rings is 2. The second-order valence-electron chi connectivity index (χ2n) is 5.60. The highest BCUT2D eigenvalue weighted by molar-refractivity contribution is 5.90. The smallest absolute Gasteiger partial charge is 0.346 e. The van der Waals surface area contributed by atoms with Gasteiger partial charge < -0.3 is 10.1 Å². The third kappa shape index (κ3) is 4.02. The van der Waals surface area contributed by atoms with E-state index >= 15 is 0 Å². The summed E-state index contributed by atoms with van der Waals surface area (Å²) in [4.78, 5) is 17.8. The number of nitrogens with one attached hydrogen (secondary N) is 1. The van der Waals surface area contributed by atoms with Crippen molar-refractivity contribution < 1.29 is 14.4 Å². The molecule has 0 saturated carbocycles. The van der Waals surface area contributed by atoms with Crippen LogP contribution in [-0.4, -0.2) is 20.3 Å². The van der Waals surface area contributed by atoms with Crippen LogP contribution in [0.25, 0.3) is 0 Å². The zero-order valence-electron chi connectivity index (χ0n) is 13.9. The first-order valence-corrected chi connectivity index (χ1v) is 7.34. The molecule has 0 aliphatic heterocycles. The second kappa shape index (κ2) is 7.15. The van der Waals surface area contributed by atoms with E-state index in [-0.39, 0.29) is 6.03 Å². The van der Waals surface area contributed by atoms with Crippen LogP contribution >= 0.6 is 0 Å². The largest absolute Gasteiger partial charge is 0.497 e. The van der Waals surface area contributed by atoms with Crippen LogP contribution in [0.15, 0.2) is 54.6 Å². The number of hydrogen-bond donors (Lipinski definition) is 1. The lowest BCUT2D eigenvalue weighted by Crippen LogP contribution is -2.48. The molecule has 2 aromatic rings. The molecule has 0 atom stereocenters. The number of methoxy groups -OCH3 is 1. The number of ether oxygens (including phenoxy) is 1. The Morgan fingerprint density at radius 3 is 2.35 bits per heavy atom. The number of para-hydroxylation sites is 1. The fourth-order valence-electron chi connectivity index (χ4n) is 2.27. The molecule has 23 heavy (non-hydrogen) atoms. The number of rotatable bonds is 5. The van der Waals surface area contributed by atoms with Crippen molar-refractivity contribution in [2.24, 2.45) is 0 Å². The average Bonchev–Trinajstić information content (AvgIpc) is 2.56. The van der Waals surface area contributed by atoms with Gasteiger partial charge in [0.2, 0.25) is 0 Å². The Hall–Kier alpha value is -2.53. The zero-order chi connectivity index (χ0) is 16.9. The zero-order valence-corrected chi connectivity index (χ0v) is 13.9. The molecule has 1 N–H and O–H groups in total. The van der Waals surface area contributed by atoms with Crippen LogP contribution in [0.5, 0.6) is 5.75 Å². The van der Waals surface area contributed by atoms with E-state index in [1.165, 1.54) is 12.2 Å². The molecule has 5 nitrogen and oxygen atoms in total. The molecule has 5 heteroatoms. The summed E-state index contributed by atoms with van der Waals surface area (Å²) in [6.07, 6.45) is 0. The minimum Gasteiger partial charge on any atom is -0.497 e. The maximum atomic E-state index is 12.6. The average molecular weight is 314 g/mol. The minimum atomic E-state index is -0.586. The SMILES string of the molecule is COc1cccc(C(C)(C)NC(=O)N(OC)c2ccccc2)c1. The third-order valence-electron chi connectivity index (χ3n) is 3.57. The number of urea groups is 1. The normalized spacial score (nSPS) is 11.0. The van der Waals surface area contributed by atoms with Crippen molar-refractivity contribution in [1.29, 1.82) is 0 Å². The minimum absolute atomic E-state index is 0.341. The molecule has 2 amide bonds. The van der Waals surface area contributed by atoms with E-state index in [1.54, 1.807) is 7.11 Å². The summed E-state index contributed by atoms with van der Waals surface area (Å²) in [6.45, 7) is 3.86. The first-order chi connectivity index (χ1) is 11.0. The topological polar surface area (TPSA) is 50.8 Å². The monoisotopic (exact) mass is 314 g/mol. The summed E-state index contributed by atoms with van der Waals surface area (Å²) in [6, 6.07) is 16.5. The van der Waals surface area contributed by atoms with Gasteiger partial charge in [-0.05, 0) is 43.7 Å². The first kappa shape index (κ1) is 16.8. The Balaban J connectivity index is 2.19. The second-order valence-corrected chi connectivity index (χ2v) is 5.60. The number of anilines is 1. The van der Waals surface area contributed by atoms with Crippen LogP contribution in [0.4, 0.5) is 10.5 Å². The summed E-state index contributed by atoms with van der Waals surface area (Å²) in [5.74, 6) is 0.747. The van der Waals surface area contributed by atoms with E-state index in [1.807, 2.05) is 68.4 Å². The summed E-state index contributed by atoms with van der Waals surface area (Å²) in [5, 5.41) is 4.20. The van der Waals surface area contributed by atoms with E-state index in [2.05, 4.69) is 5.32 Å². The number of hydroxylamine groups is 1. The quantitative estimate of drug-likeness (QED) is 0.856. The highest BCUT2D eigenvalue weighted by Crippen LogP contribution is 2.25. The van der Waals surface area contributed by atoms with Gasteiger partial charge in [0.25, 0.3) is 0 Å². The molecule has 0 heterocycles. The first-order valence-electron chi connectivity index (χ1n) is 7.34. The lowest BCUT2D eigenvalue weighted by atomic mass is 9.94. The predicted molar refractivity (Wildman–Crippen MR) is 90.5 cm³/mol. The maximum absolute atomic E-state index is 12.6. The van der Waals surface area contributed by atoms with Gasteiger partial charge in [-0.2, -0.15) is 5.06 Å². The van der Waals surface area contributed by atoms with Crippen LogP contribution < -0.4 is 15.1 Å². The van der Waals surface area contributed by atoms with Crippen molar-refractivity contribution in [2.45, 2.75) is 19.4 Å². The molecule has 2 rings (SSSR count). The molecule has 0 aromatic heterocycles. The van der Waals surface area contributed by atoms with E-state index in [0.29, 0.717) is 5.69 Å². The Kier molecular flexibility index (Phi) is 5.24. The molecule has 0 unspecified atom stereocenters. The van der Waals surface area contributed by atoms with Gasteiger partial charge >= 0.3 is 6.03 Å². The highest BCUT2D eigenvalue weighted by atomic mass is 16.7. The van der Waals surface area contributed by atoms with Crippen LogP contribution in [0.3, 0.4) is 0 Å². The van der Waals surface area contributed by atoms with Gasteiger partial charge in [-0.1, -0.05) is 30.3 Å². The van der Waals surface area contributed by atoms with Crippen LogP contribution in [0.2, 0.25) is 0 Å².